The molecular weight excluding hydrogens is 290 g/mol. The Morgan fingerprint density at radius 2 is 2.43 bits per heavy atom. The highest BCUT2D eigenvalue weighted by atomic mass is 32.1. The van der Waals surface area contributed by atoms with Crippen molar-refractivity contribution >= 4 is 28.2 Å². The summed E-state index contributed by atoms with van der Waals surface area (Å²) in [5.74, 6) is 0.660. The Bertz CT molecular complexity index is 479. The molecule has 2 rings (SSSR count). The van der Waals surface area contributed by atoms with Crippen molar-refractivity contribution in [3.05, 3.63) is 4.88 Å². The second kappa shape index (κ2) is 7.58. The van der Waals surface area contributed by atoms with Crippen molar-refractivity contribution in [3.63, 3.8) is 0 Å². The molecule has 1 unspecified atom stereocenters. The number of nitrogens with zero attached hydrogens (tertiary/aromatic N) is 2. The number of rotatable bonds is 7. The number of ether oxygens (including phenoxy) is 1. The molecule has 21 heavy (non-hydrogen) atoms. The van der Waals surface area contributed by atoms with Gasteiger partial charge < -0.3 is 26.0 Å². The van der Waals surface area contributed by atoms with Gasteiger partial charge in [0.1, 0.15) is 10.7 Å². The SMILES string of the molecule is COCCNc1nc(N)c(C(=O)NCC2CCN(C)C2)s1. The smallest absolute Gasteiger partial charge is 0.265 e. The minimum absolute atomic E-state index is 0.139. The van der Waals surface area contributed by atoms with Crippen LogP contribution in [0.15, 0.2) is 0 Å². The third-order valence-electron chi connectivity index (χ3n) is 3.48. The number of hydrogen-bond donors (Lipinski definition) is 3. The van der Waals surface area contributed by atoms with Crippen LogP contribution >= 0.6 is 11.3 Å². The minimum Gasteiger partial charge on any atom is -0.383 e. The van der Waals surface area contributed by atoms with Crippen LogP contribution in [0.1, 0.15) is 16.1 Å². The number of anilines is 2. The summed E-state index contributed by atoms with van der Waals surface area (Å²) >= 11 is 1.28. The first-order valence-electron chi connectivity index (χ1n) is 7.06. The molecule has 1 amide bonds. The quantitative estimate of drug-likeness (QED) is 0.634. The van der Waals surface area contributed by atoms with Crippen molar-refractivity contribution < 1.29 is 9.53 Å². The second-order valence-corrected chi connectivity index (χ2v) is 6.28. The normalized spacial score (nSPS) is 18.9. The molecule has 7 nitrogen and oxygen atoms in total. The first-order valence-corrected chi connectivity index (χ1v) is 7.87. The molecular formula is C13H23N5O2S. The van der Waals surface area contributed by atoms with Gasteiger partial charge in [-0.25, -0.2) is 4.98 Å². The fourth-order valence-electron chi connectivity index (χ4n) is 2.34. The highest BCUT2D eigenvalue weighted by Crippen LogP contribution is 2.24. The number of methoxy groups -OCH3 is 1. The summed E-state index contributed by atoms with van der Waals surface area (Å²) in [6, 6.07) is 0. The second-order valence-electron chi connectivity index (χ2n) is 5.28. The van der Waals surface area contributed by atoms with Gasteiger partial charge in [-0.05, 0) is 25.9 Å². The van der Waals surface area contributed by atoms with Gasteiger partial charge in [-0.15, -0.1) is 0 Å². The average molecular weight is 313 g/mol. The first-order chi connectivity index (χ1) is 10.1. The largest absolute Gasteiger partial charge is 0.383 e. The van der Waals surface area contributed by atoms with E-state index in [2.05, 4.69) is 27.6 Å². The summed E-state index contributed by atoms with van der Waals surface area (Å²) in [4.78, 5) is 19.1. The Labute approximate surface area is 128 Å². The van der Waals surface area contributed by atoms with E-state index in [4.69, 9.17) is 10.5 Å². The molecule has 1 fully saturated rings. The van der Waals surface area contributed by atoms with Gasteiger partial charge in [0, 0.05) is 26.7 Å². The highest BCUT2D eigenvalue weighted by Gasteiger charge is 2.21. The average Bonchev–Trinajstić information content (AvgIpc) is 3.03. The van der Waals surface area contributed by atoms with Crippen LogP contribution in [-0.2, 0) is 4.74 Å². The summed E-state index contributed by atoms with van der Waals surface area (Å²) in [7, 11) is 3.73. The van der Waals surface area contributed by atoms with Crippen molar-refractivity contribution in [3.8, 4) is 0 Å². The Morgan fingerprint density at radius 1 is 1.62 bits per heavy atom. The monoisotopic (exact) mass is 313 g/mol. The topological polar surface area (TPSA) is 92.5 Å². The summed E-state index contributed by atoms with van der Waals surface area (Å²) in [6.07, 6.45) is 1.12. The molecule has 0 radical (unpaired) electrons. The van der Waals surface area contributed by atoms with E-state index >= 15 is 0 Å². The van der Waals surface area contributed by atoms with Crippen LogP contribution in [0.25, 0.3) is 0 Å². The fraction of sp³-hybridized carbons (Fsp3) is 0.692. The number of hydrogen-bond acceptors (Lipinski definition) is 7. The minimum atomic E-state index is -0.139. The van der Waals surface area contributed by atoms with Gasteiger partial charge >= 0.3 is 0 Å². The Kier molecular flexibility index (Phi) is 5.77. The zero-order valence-corrected chi connectivity index (χ0v) is 13.3. The lowest BCUT2D eigenvalue weighted by Crippen LogP contribution is -2.30. The highest BCUT2D eigenvalue weighted by molar-refractivity contribution is 7.18. The number of likely N-dealkylation sites (tertiary alicyclic amines) is 1. The molecule has 8 heteroatoms. The van der Waals surface area contributed by atoms with Crippen LogP contribution in [0.4, 0.5) is 10.9 Å². The van der Waals surface area contributed by atoms with E-state index in [0.717, 1.165) is 19.5 Å². The van der Waals surface area contributed by atoms with Gasteiger partial charge in [-0.3, -0.25) is 4.79 Å². The fourth-order valence-corrected chi connectivity index (χ4v) is 3.17. The summed E-state index contributed by atoms with van der Waals surface area (Å²) in [6.45, 7) is 4.03. The van der Waals surface area contributed by atoms with Crippen LogP contribution in [0, 0.1) is 5.92 Å². The van der Waals surface area contributed by atoms with E-state index in [0.29, 0.717) is 35.6 Å². The molecule has 1 aliphatic heterocycles. The van der Waals surface area contributed by atoms with E-state index in [1.54, 1.807) is 7.11 Å². The van der Waals surface area contributed by atoms with E-state index in [1.807, 2.05) is 0 Å². The predicted octanol–water partition coefficient (Wildman–Crippen LogP) is 0.465. The third kappa shape index (κ3) is 4.55. The standard InChI is InChI=1S/C13H23N5O2S/c1-18-5-3-9(8-18)7-16-12(19)10-11(14)17-13(21-10)15-4-6-20-2/h9H,3-8,14H2,1-2H3,(H,15,17)(H,16,19). The molecule has 4 N–H and O–H groups in total. The molecule has 118 valence electrons. The van der Waals surface area contributed by atoms with Gasteiger partial charge in [-0.2, -0.15) is 0 Å². The molecule has 1 aliphatic rings. The Hall–Kier alpha value is -1.38. The number of nitrogens with one attached hydrogen (secondary N) is 2. The van der Waals surface area contributed by atoms with Gasteiger partial charge in [-0.1, -0.05) is 11.3 Å². The summed E-state index contributed by atoms with van der Waals surface area (Å²) in [5, 5.41) is 6.68. The number of aromatic nitrogens is 1. The molecule has 1 saturated heterocycles. The van der Waals surface area contributed by atoms with Crippen LogP contribution in [0.5, 0.6) is 0 Å². The molecule has 1 aromatic rings. The van der Waals surface area contributed by atoms with Gasteiger partial charge in [0.25, 0.3) is 5.91 Å². The summed E-state index contributed by atoms with van der Waals surface area (Å²) in [5.41, 5.74) is 5.81. The van der Waals surface area contributed by atoms with Crippen molar-refractivity contribution in [1.29, 1.82) is 0 Å². The Morgan fingerprint density at radius 3 is 3.10 bits per heavy atom. The van der Waals surface area contributed by atoms with Crippen LogP contribution in [0.2, 0.25) is 0 Å². The first kappa shape index (κ1) is 16.0. The molecule has 0 saturated carbocycles. The van der Waals surface area contributed by atoms with E-state index < -0.39 is 0 Å². The molecule has 0 aliphatic carbocycles. The lowest BCUT2D eigenvalue weighted by molar-refractivity contribution is 0.0952. The number of nitrogen functional groups attached to an aromatic ring is 1. The zero-order valence-electron chi connectivity index (χ0n) is 12.5. The van der Waals surface area contributed by atoms with Crippen LogP contribution in [-0.4, -0.2) is 62.7 Å². The predicted molar refractivity (Wildman–Crippen MR) is 84.8 cm³/mol. The zero-order chi connectivity index (χ0) is 15.2. The maximum Gasteiger partial charge on any atom is 0.265 e. The van der Waals surface area contributed by atoms with E-state index in [9.17, 15) is 4.79 Å². The van der Waals surface area contributed by atoms with Crippen LogP contribution < -0.4 is 16.4 Å². The van der Waals surface area contributed by atoms with Crippen molar-refractivity contribution in [2.45, 2.75) is 6.42 Å². The molecule has 0 spiro atoms. The van der Waals surface area contributed by atoms with Crippen molar-refractivity contribution in [2.75, 3.05) is 58.0 Å². The van der Waals surface area contributed by atoms with Crippen molar-refractivity contribution in [1.82, 2.24) is 15.2 Å². The lowest BCUT2D eigenvalue weighted by atomic mass is 10.1. The van der Waals surface area contributed by atoms with E-state index in [-0.39, 0.29) is 11.7 Å². The number of carbonyl (C=O) groups excluding carboxylic acids is 1. The Balaban J connectivity index is 1.84. The van der Waals surface area contributed by atoms with Gasteiger partial charge in [0.2, 0.25) is 0 Å². The number of carbonyl (C=O) groups is 1. The van der Waals surface area contributed by atoms with Gasteiger partial charge in [0.05, 0.1) is 6.61 Å². The number of amides is 1. The molecule has 2 heterocycles. The summed E-state index contributed by atoms with van der Waals surface area (Å²) < 4.78 is 4.95. The molecule has 1 atom stereocenters. The molecule has 0 aromatic carbocycles. The third-order valence-corrected chi connectivity index (χ3v) is 4.51. The number of thiazole rings is 1. The van der Waals surface area contributed by atoms with Crippen molar-refractivity contribution in [2.24, 2.45) is 5.92 Å². The maximum atomic E-state index is 12.2. The van der Waals surface area contributed by atoms with Crippen LogP contribution in [0.3, 0.4) is 0 Å². The molecule has 0 bridgehead atoms. The van der Waals surface area contributed by atoms with Gasteiger partial charge in [0.15, 0.2) is 5.13 Å². The van der Waals surface area contributed by atoms with E-state index in [1.165, 1.54) is 11.3 Å². The maximum absolute atomic E-state index is 12.2. The molecule has 1 aromatic heterocycles. The number of nitrogens with two attached hydrogens (primary N) is 1. The lowest BCUT2D eigenvalue weighted by Gasteiger charge is -2.11.